The summed E-state index contributed by atoms with van der Waals surface area (Å²) in [5.74, 6) is 0. The molecule has 0 spiro atoms. The summed E-state index contributed by atoms with van der Waals surface area (Å²) >= 11 is 1.43. The SMILES string of the molecule is CCC(CO)n1sc2ccccc2c1=O. The second kappa shape index (κ2) is 4.16. The highest BCUT2D eigenvalue weighted by Gasteiger charge is 2.13. The Bertz CT molecular complexity index is 511. The molecule has 0 radical (unpaired) electrons. The Labute approximate surface area is 91.7 Å². The summed E-state index contributed by atoms with van der Waals surface area (Å²) in [6, 6.07) is 7.45. The molecule has 0 aliphatic heterocycles. The van der Waals surface area contributed by atoms with E-state index in [4.69, 9.17) is 0 Å². The number of nitrogens with zero attached hydrogens (tertiary/aromatic N) is 1. The molecule has 0 amide bonds. The van der Waals surface area contributed by atoms with Crippen molar-refractivity contribution in [3.8, 4) is 0 Å². The van der Waals surface area contributed by atoms with Crippen LogP contribution in [0.1, 0.15) is 19.4 Å². The van der Waals surface area contributed by atoms with Crippen molar-refractivity contribution in [3.63, 3.8) is 0 Å². The van der Waals surface area contributed by atoms with E-state index in [1.54, 1.807) is 3.96 Å². The van der Waals surface area contributed by atoms with Gasteiger partial charge in [0, 0.05) is 0 Å². The Morgan fingerprint density at radius 1 is 1.47 bits per heavy atom. The lowest BCUT2D eigenvalue weighted by Gasteiger charge is -2.10. The summed E-state index contributed by atoms with van der Waals surface area (Å²) < 4.78 is 2.65. The van der Waals surface area contributed by atoms with Gasteiger partial charge in [-0.3, -0.25) is 8.75 Å². The number of hydrogen-bond donors (Lipinski definition) is 1. The fourth-order valence-electron chi connectivity index (χ4n) is 1.60. The van der Waals surface area contributed by atoms with Gasteiger partial charge in [-0.1, -0.05) is 30.6 Å². The molecule has 0 aliphatic rings. The van der Waals surface area contributed by atoms with Crippen molar-refractivity contribution >= 4 is 21.6 Å². The molecule has 15 heavy (non-hydrogen) atoms. The molecule has 0 saturated carbocycles. The zero-order valence-corrected chi connectivity index (χ0v) is 9.33. The van der Waals surface area contributed by atoms with Gasteiger partial charge in [-0.2, -0.15) is 0 Å². The van der Waals surface area contributed by atoms with Crippen LogP contribution in [0, 0.1) is 0 Å². The van der Waals surface area contributed by atoms with E-state index in [1.165, 1.54) is 11.5 Å². The summed E-state index contributed by atoms with van der Waals surface area (Å²) in [6.07, 6.45) is 0.767. The quantitative estimate of drug-likeness (QED) is 0.864. The van der Waals surface area contributed by atoms with Gasteiger partial charge in [-0.15, -0.1) is 0 Å². The first-order valence-corrected chi connectivity index (χ1v) is 5.76. The first-order chi connectivity index (χ1) is 7.27. The van der Waals surface area contributed by atoms with Crippen LogP contribution in [-0.2, 0) is 0 Å². The van der Waals surface area contributed by atoms with Crippen LogP contribution in [0.3, 0.4) is 0 Å². The maximum atomic E-state index is 11.9. The highest BCUT2D eigenvalue weighted by atomic mass is 32.1. The van der Waals surface area contributed by atoms with Crippen LogP contribution in [0.4, 0.5) is 0 Å². The van der Waals surface area contributed by atoms with Crippen LogP contribution in [0.25, 0.3) is 10.1 Å². The van der Waals surface area contributed by atoms with Crippen molar-refractivity contribution in [1.82, 2.24) is 3.96 Å². The van der Waals surface area contributed by atoms with Gasteiger partial charge in [-0.05, 0) is 18.6 Å². The van der Waals surface area contributed by atoms with Crippen molar-refractivity contribution in [2.75, 3.05) is 6.61 Å². The number of rotatable bonds is 3. The summed E-state index contributed by atoms with van der Waals surface area (Å²) in [4.78, 5) is 11.9. The second-order valence-electron chi connectivity index (χ2n) is 3.46. The van der Waals surface area contributed by atoms with Crippen molar-refractivity contribution in [2.45, 2.75) is 19.4 Å². The minimum atomic E-state index is -0.0881. The fourth-order valence-corrected chi connectivity index (χ4v) is 2.75. The predicted molar refractivity (Wildman–Crippen MR) is 62.5 cm³/mol. The summed E-state index contributed by atoms with van der Waals surface area (Å²) in [5, 5.41) is 9.92. The largest absolute Gasteiger partial charge is 0.394 e. The lowest BCUT2D eigenvalue weighted by atomic mass is 10.2. The van der Waals surface area contributed by atoms with Crippen molar-refractivity contribution < 1.29 is 5.11 Å². The van der Waals surface area contributed by atoms with Gasteiger partial charge < -0.3 is 5.11 Å². The molecule has 2 aromatic rings. The van der Waals surface area contributed by atoms with Crippen LogP contribution in [0.5, 0.6) is 0 Å². The molecule has 0 aliphatic carbocycles. The van der Waals surface area contributed by atoms with Crippen LogP contribution in [0.2, 0.25) is 0 Å². The average molecular weight is 223 g/mol. The van der Waals surface area contributed by atoms with Gasteiger partial charge >= 0.3 is 0 Å². The fraction of sp³-hybridized carbons (Fsp3) is 0.364. The van der Waals surface area contributed by atoms with Gasteiger partial charge in [0.2, 0.25) is 0 Å². The zero-order valence-electron chi connectivity index (χ0n) is 8.51. The zero-order chi connectivity index (χ0) is 10.8. The molecule has 4 heteroatoms. The van der Waals surface area contributed by atoms with Crippen molar-refractivity contribution in [2.24, 2.45) is 0 Å². The molecular formula is C11H13NO2S. The first-order valence-electron chi connectivity index (χ1n) is 4.99. The summed E-state index contributed by atoms with van der Waals surface area (Å²) in [7, 11) is 0. The third-order valence-corrected chi connectivity index (χ3v) is 3.74. The smallest absolute Gasteiger partial charge is 0.268 e. The van der Waals surface area contributed by atoms with E-state index in [9.17, 15) is 9.90 Å². The molecule has 0 fully saturated rings. The van der Waals surface area contributed by atoms with E-state index < -0.39 is 0 Å². The number of benzene rings is 1. The molecular weight excluding hydrogens is 210 g/mol. The molecule has 1 N–H and O–H groups in total. The number of fused-ring (bicyclic) bond motifs is 1. The molecule has 0 bridgehead atoms. The average Bonchev–Trinajstić information content (AvgIpc) is 2.60. The highest BCUT2D eigenvalue weighted by molar-refractivity contribution is 7.13. The molecule has 0 saturated heterocycles. The van der Waals surface area contributed by atoms with Crippen molar-refractivity contribution in [1.29, 1.82) is 0 Å². The summed E-state index contributed by atoms with van der Waals surface area (Å²) in [6.45, 7) is 1.99. The highest BCUT2D eigenvalue weighted by Crippen LogP contribution is 2.20. The molecule has 80 valence electrons. The minimum absolute atomic E-state index is 0.0106. The van der Waals surface area contributed by atoms with Gasteiger partial charge in [0.25, 0.3) is 5.56 Å². The van der Waals surface area contributed by atoms with E-state index in [1.807, 2.05) is 31.2 Å². The Balaban J connectivity index is 2.62. The predicted octanol–water partition coefficient (Wildman–Crippen LogP) is 2.01. The molecule has 1 unspecified atom stereocenters. The molecule has 1 heterocycles. The first kappa shape index (κ1) is 10.4. The molecule has 1 aromatic carbocycles. The monoisotopic (exact) mass is 223 g/mol. The van der Waals surface area contributed by atoms with Crippen LogP contribution in [0.15, 0.2) is 29.1 Å². The van der Waals surface area contributed by atoms with Gasteiger partial charge in [0.1, 0.15) is 0 Å². The molecule has 3 nitrogen and oxygen atoms in total. The Morgan fingerprint density at radius 3 is 2.80 bits per heavy atom. The number of aromatic nitrogens is 1. The van der Waals surface area contributed by atoms with E-state index in [-0.39, 0.29) is 18.2 Å². The van der Waals surface area contributed by atoms with Gasteiger partial charge in [-0.25, -0.2) is 0 Å². The second-order valence-corrected chi connectivity index (χ2v) is 4.48. The third kappa shape index (κ3) is 1.70. The minimum Gasteiger partial charge on any atom is -0.394 e. The van der Waals surface area contributed by atoms with E-state index in [0.29, 0.717) is 0 Å². The van der Waals surface area contributed by atoms with Crippen LogP contribution in [-0.4, -0.2) is 15.7 Å². The van der Waals surface area contributed by atoms with Crippen LogP contribution >= 0.6 is 11.5 Å². The molecule has 2 rings (SSSR count). The van der Waals surface area contributed by atoms with E-state index in [0.717, 1.165) is 16.5 Å². The Morgan fingerprint density at radius 2 is 2.20 bits per heavy atom. The standard InChI is InChI=1S/C11H13NO2S/c1-2-8(7-13)12-11(14)9-5-3-4-6-10(9)15-12/h3-6,8,13H,2,7H2,1H3. The maximum absolute atomic E-state index is 11.9. The number of aliphatic hydroxyl groups is 1. The topological polar surface area (TPSA) is 42.2 Å². The number of hydrogen-bond acceptors (Lipinski definition) is 3. The van der Waals surface area contributed by atoms with Crippen molar-refractivity contribution in [3.05, 3.63) is 34.6 Å². The lowest BCUT2D eigenvalue weighted by molar-refractivity contribution is 0.230. The lowest BCUT2D eigenvalue weighted by Crippen LogP contribution is -2.21. The Hall–Kier alpha value is -1.13. The maximum Gasteiger partial charge on any atom is 0.268 e. The van der Waals surface area contributed by atoms with E-state index in [2.05, 4.69) is 0 Å². The third-order valence-electron chi connectivity index (χ3n) is 2.53. The number of aliphatic hydroxyl groups excluding tert-OH is 1. The molecule has 1 aromatic heterocycles. The van der Waals surface area contributed by atoms with E-state index >= 15 is 0 Å². The molecule has 1 atom stereocenters. The van der Waals surface area contributed by atoms with Crippen LogP contribution < -0.4 is 5.56 Å². The van der Waals surface area contributed by atoms with Gasteiger partial charge in [0.05, 0.1) is 22.7 Å². The van der Waals surface area contributed by atoms with Gasteiger partial charge in [0.15, 0.2) is 0 Å². The normalized spacial score (nSPS) is 13.2. The summed E-state index contributed by atoms with van der Waals surface area (Å²) in [5.41, 5.74) is 0.0106. The Kier molecular flexibility index (Phi) is 2.88.